The van der Waals surface area contributed by atoms with Crippen LogP contribution in [0.4, 0.5) is 0 Å². The molecule has 3 nitrogen and oxygen atoms in total. The normalized spacial score (nSPS) is 10.6. The van der Waals surface area contributed by atoms with Crippen molar-refractivity contribution < 1.29 is 0 Å². The van der Waals surface area contributed by atoms with Crippen LogP contribution in [0.15, 0.2) is 6.33 Å². The van der Waals surface area contributed by atoms with E-state index in [0.29, 0.717) is 5.88 Å². The Bertz CT molecular complexity index is 239. The molecule has 1 heterocycles. The molecule has 0 aliphatic rings. The lowest BCUT2D eigenvalue weighted by Crippen LogP contribution is -2.05. The lowest BCUT2D eigenvalue weighted by atomic mass is 10.5. The first-order valence-electron chi connectivity index (χ1n) is 4.39. The Morgan fingerprint density at radius 1 is 1.62 bits per heavy atom. The zero-order chi connectivity index (χ0) is 9.52. The molecule has 1 rings (SSSR count). The van der Waals surface area contributed by atoms with Crippen molar-refractivity contribution in [2.45, 2.75) is 25.8 Å². The van der Waals surface area contributed by atoms with Crippen molar-refractivity contribution in [1.82, 2.24) is 14.8 Å². The monoisotopic (exact) mass is 219 g/mol. The summed E-state index contributed by atoms with van der Waals surface area (Å²) in [6.45, 7) is 3.10. The molecule has 0 saturated heterocycles. The van der Waals surface area contributed by atoms with E-state index < -0.39 is 0 Å². The zero-order valence-electron chi connectivity index (χ0n) is 7.74. The number of nitrogens with zero attached hydrogens (tertiary/aromatic N) is 3. The molecule has 0 atom stereocenters. The zero-order valence-corrected chi connectivity index (χ0v) is 9.31. The van der Waals surface area contributed by atoms with Crippen LogP contribution in [0.5, 0.6) is 0 Å². The van der Waals surface area contributed by atoms with Crippen LogP contribution in [0.1, 0.15) is 19.2 Å². The van der Waals surface area contributed by atoms with Gasteiger partial charge in [0, 0.05) is 6.54 Å². The van der Waals surface area contributed by atoms with Crippen LogP contribution in [0, 0.1) is 0 Å². The Morgan fingerprint density at radius 3 is 3.15 bits per heavy atom. The van der Waals surface area contributed by atoms with E-state index in [9.17, 15) is 0 Å². The molecule has 0 unspecified atom stereocenters. The summed E-state index contributed by atoms with van der Waals surface area (Å²) in [5.74, 6) is 3.67. The van der Waals surface area contributed by atoms with Crippen LogP contribution < -0.4 is 0 Å². The van der Waals surface area contributed by atoms with Gasteiger partial charge in [0.05, 0.1) is 5.88 Å². The summed E-state index contributed by atoms with van der Waals surface area (Å²) in [4.78, 5) is 4.05. The van der Waals surface area contributed by atoms with Crippen LogP contribution in [-0.4, -0.2) is 26.3 Å². The SMILES string of the molecule is CCSCCCn1ncnc1CCl. The van der Waals surface area contributed by atoms with E-state index in [4.69, 9.17) is 11.6 Å². The van der Waals surface area contributed by atoms with Crippen LogP contribution >= 0.6 is 23.4 Å². The Balaban J connectivity index is 2.27. The summed E-state index contributed by atoms with van der Waals surface area (Å²) in [5, 5.41) is 4.10. The Kier molecular flexibility index (Phi) is 5.23. The van der Waals surface area contributed by atoms with Crippen molar-refractivity contribution >= 4 is 23.4 Å². The van der Waals surface area contributed by atoms with E-state index in [0.717, 1.165) is 18.8 Å². The molecule has 1 aromatic rings. The Hall–Kier alpha value is -0.220. The summed E-state index contributed by atoms with van der Waals surface area (Å²) in [6, 6.07) is 0. The molecule has 13 heavy (non-hydrogen) atoms. The minimum atomic E-state index is 0.445. The summed E-state index contributed by atoms with van der Waals surface area (Å²) in [5.41, 5.74) is 0. The molecule has 0 fully saturated rings. The standard InChI is InChI=1S/C8H14ClN3S/c1-2-13-5-3-4-12-8(6-9)10-7-11-12/h7H,2-6H2,1H3. The number of thioether (sulfide) groups is 1. The highest BCUT2D eigenvalue weighted by molar-refractivity contribution is 7.99. The molecule has 0 radical (unpaired) electrons. The fourth-order valence-electron chi connectivity index (χ4n) is 1.04. The first-order chi connectivity index (χ1) is 6.38. The first kappa shape index (κ1) is 10.9. The molecule has 0 aliphatic carbocycles. The smallest absolute Gasteiger partial charge is 0.141 e. The maximum atomic E-state index is 5.68. The van der Waals surface area contributed by atoms with Gasteiger partial charge in [0.1, 0.15) is 12.2 Å². The van der Waals surface area contributed by atoms with Gasteiger partial charge >= 0.3 is 0 Å². The predicted molar refractivity (Wildman–Crippen MR) is 57.2 cm³/mol. The van der Waals surface area contributed by atoms with Gasteiger partial charge in [0.15, 0.2) is 0 Å². The summed E-state index contributed by atoms with van der Waals surface area (Å²) in [6.07, 6.45) is 2.69. The average molecular weight is 220 g/mol. The predicted octanol–water partition coefficient (Wildman–Crippen LogP) is 2.16. The molecule has 0 amide bonds. The molecular weight excluding hydrogens is 206 g/mol. The van der Waals surface area contributed by atoms with E-state index in [1.807, 2.05) is 16.4 Å². The van der Waals surface area contributed by atoms with Gasteiger partial charge in [-0.15, -0.1) is 11.6 Å². The number of hydrogen-bond acceptors (Lipinski definition) is 3. The third-order valence-corrected chi connectivity index (χ3v) is 2.90. The average Bonchev–Trinajstić information content (AvgIpc) is 2.60. The summed E-state index contributed by atoms with van der Waals surface area (Å²) >= 11 is 7.63. The number of alkyl halides is 1. The van der Waals surface area contributed by atoms with E-state index in [1.165, 1.54) is 11.5 Å². The lowest BCUT2D eigenvalue weighted by Gasteiger charge is -2.02. The second kappa shape index (κ2) is 6.27. The molecule has 0 N–H and O–H groups in total. The van der Waals surface area contributed by atoms with Crippen molar-refractivity contribution in [3.8, 4) is 0 Å². The number of rotatable bonds is 6. The highest BCUT2D eigenvalue weighted by Gasteiger charge is 2.00. The second-order valence-corrected chi connectivity index (χ2v) is 4.24. The second-order valence-electron chi connectivity index (χ2n) is 2.58. The first-order valence-corrected chi connectivity index (χ1v) is 6.07. The van der Waals surface area contributed by atoms with Crippen LogP contribution in [0.3, 0.4) is 0 Å². The molecule has 74 valence electrons. The van der Waals surface area contributed by atoms with E-state index >= 15 is 0 Å². The van der Waals surface area contributed by atoms with Gasteiger partial charge in [-0.2, -0.15) is 16.9 Å². The molecule has 0 aromatic carbocycles. The van der Waals surface area contributed by atoms with Gasteiger partial charge in [-0.1, -0.05) is 6.92 Å². The highest BCUT2D eigenvalue weighted by Crippen LogP contribution is 2.04. The van der Waals surface area contributed by atoms with E-state index in [1.54, 1.807) is 6.33 Å². The fraction of sp³-hybridized carbons (Fsp3) is 0.750. The minimum Gasteiger partial charge on any atom is -0.249 e. The van der Waals surface area contributed by atoms with Crippen molar-refractivity contribution in [1.29, 1.82) is 0 Å². The summed E-state index contributed by atoms with van der Waals surface area (Å²) < 4.78 is 1.88. The van der Waals surface area contributed by atoms with Crippen LogP contribution in [-0.2, 0) is 12.4 Å². The highest BCUT2D eigenvalue weighted by atomic mass is 35.5. The van der Waals surface area contributed by atoms with Gasteiger partial charge in [-0.05, 0) is 17.9 Å². The molecule has 0 bridgehead atoms. The molecular formula is C8H14ClN3S. The summed E-state index contributed by atoms with van der Waals surface area (Å²) in [7, 11) is 0. The number of hydrogen-bond donors (Lipinski definition) is 0. The molecule has 5 heteroatoms. The number of halogens is 1. The van der Waals surface area contributed by atoms with Crippen LogP contribution in [0.25, 0.3) is 0 Å². The molecule has 0 spiro atoms. The quantitative estimate of drug-likeness (QED) is 0.543. The van der Waals surface area contributed by atoms with Crippen molar-refractivity contribution in [2.24, 2.45) is 0 Å². The van der Waals surface area contributed by atoms with Crippen molar-refractivity contribution in [3.05, 3.63) is 12.2 Å². The van der Waals surface area contributed by atoms with Gasteiger partial charge in [0.25, 0.3) is 0 Å². The molecule has 1 aromatic heterocycles. The van der Waals surface area contributed by atoms with Gasteiger partial charge in [0.2, 0.25) is 0 Å². The Labute approximate surface area is 87.9 Å². The molecule has 0 saturated carbocycles. The van der Waals surface area contributed by atoms with Crippen molar-refractivity contribution in [3.63, 3.8) is 0 Å². The van der Waals surface area contributed by atoms with Gasteiger partial charge < -0.3 is 0 Å². The maximum absolute atomic E-state index is 5.68. The third kappa shape index (κ3) is 3.56. The van der Waals surface area contributed by atoms with Gasteiger partial charge in [-0.3, -0.25) is 0 Å². The van der Waals surface area contributed by atoms with Crippen molar-refractivity contribution in [2.75, 3.05) is 11.5 Å². The topological polar surface area (TPSA) is 30.7 Å². The van der Waals surface area contributed by atoms with E-state index in [-0.39, 0.29) is 0 Å². The third-order valence-electron chi connectivity index (χ3n) is 1.68. The molecule has 0 aliphatic heterocycles. The lowest BCUT2D eigenvalue weighted by molar-refractivity contribution is 0.584. The minimum absolute atomic E-state index is 0.445. The maximum Gasteiger partial charge on any atom is 0.141 e. The van der Waals surface area contributed by atoms with E-state index in [2.05, 4.69) is 17.0 Å². The fourth-order valence-corrected chi connectivity index (χ4v) is 1.87. The Morgan fingerprint density at radius 2 is 2.46 bits per heavy atom. The van der Waals surface area contributed by atoms with Crippen LogP contribution in [0.2, 0.25) is 0 Å². The number of aromatic nitrogens is 3. The van der Waals surface area contributed by atoms with Gasteiger partial charge in [-0.25, -0.2) is 9.67 Å². The largest absolute Gasteiger partial charge is 0.249 e. The number of aryl methyl sites for hydroxylation is 1.